The molecule has 6 heteroatoms. The molecule has 96 valence electrons. The van der Waals surface area contributed by atoms with Crippen molar-refractivity contribution in [3.63, 3.8) is 0 Å². The zero-order chi connectivity index (χ0) is 13.0. The first-order valence-electron chi connectivity index (χ1n) is 5.71. The van der Waals surface area contributed by atoms with Gasteiger partial charge in [0.1, 0.15) is 12.7 Å². The molecular weight excluding hydrogens is 252 g/mol. The summed E-state index contributed by atoms with van der Waals surface area (Å²) in [6, 6.07) is 0. The number of hydrogen-bond donors (Lipinski definition) is 2. The van der Waals surface area contributed by atoms with Crippen molar-refractivity contribution in [3.05, 3.63) is 11.1 Å². The Hall–Kier alpha value is -1.42. The number of hydrogen-bond acceptors (Lipinski definition) is 5. The van der Waals surface area contributed by atoms with Crippen LogP contribution in [0.1, 0.15) is 24.6 Å². The third-order valence-corrected chi connectivity index (χ3v) is 3.38. The maximum atomic E-state index is 11.8. The summed E-state index contributed by atoms with van der Waals surface area (Å²) in [6.07, 6.45) is 2.98. The number of amides is 1. The average molecular weight is 266 g/mol. The number of rotatable bonds is 2. The second-order valence-electron chi connectivity index (χ2n) is 3.99. The molecule has 2 heterocycles. The maximum Gasteiger partial charge on any atom is 0.255 e. The zero-order valence-corrected chi connectivity index (χ0v) is 10.8. The van der Waals surface area contributed by atoms with Crippen LogP contribution in [0.15, 0.2) is 6.20 Å². The van der Waals surface area contributed by atoms with Crippen LogP contribution < -0.4 is 5.32 Å². The molecule has 1 aromatic rings. The third-order valence-electron chi connectivity index (χ3n) is 2.55. The van der Waals surface area contributed by atoms with Gasteiger partial charge in [-0.3, -0.25) is 10.1 Å². The van der Waals surface area contributed by atoms with Gasteiger partial charge in [-0.25, -0.2) is 4.98 Å². The van der Waals surface area contributed by atoms with Gasteiger partial charge in [-0.05, 0) is 19.8 Å². The lowest BCUT2D eigenvalue weighted by molar-refractivity contribution is -0.126. The van der Waals surface area contributed by atoms with Crippen molar-refractivity contribution in [2.24, 2.45) is 0 Å². The molecule has 1 amide bonds. The number of aliphatic hydroxyl groups excluding tert-OH is 1. The molecule has 1 aliphatic heterocycles. The SMILES string of the molecule is CC1CCC(C(=O)Nc2ncc(C#CCO)s2)O1. The highest BCUT2D eigenvalue weighted by molar-refractivity contribution is 7.16. The van der Waals surface area contributed by atoms with Crippen LogP contribution in [-0.2, 0) is 9.53 Å². The molecule has 2 atom stereocenters. The summed E-state index contributed by atoms with van der Waals surface area (Å²) in [4.78, 5) is 16.6. The van der Waals surface area contributed by atoms with Gasteiger partial charge in [0.15, 0.2) is 5.13 Å². The Morgan fingerprint density at radius 1 is 1.72 bits per heavy atom. The summed E-state index contributed by atoms with van der Waals surface area (Å²) < 4.78 is 5.47. The van der Waals surface area contributed by atoms with E-state index in [4.69, 9.17) is 9.84 Å². The minimum atomic E-state index is -0.379. The van der Waals surface area contributed by atoms with Gasteiger partial charge >= 0.3 is 0 Å². The zero-order valence-electron chi connectivity index (χ0n) is 9.97. The van der Waals surface area contributed by atoms with Crippen LogP contribution in [-0.4, -0.2) is 34.8 Å². The fourth-order valence-electron chi connectivity index (χ4n) is 1.70. The van der Waals surface area contributed by atoms with Crippen molar-refractivity contribution in [1.82, 2.24) is 4.98 Å². The number of anilines is 1. The van der Waals surface area contributed by atoms with Gasteiger partial charge in [0.2, 0.25) is 0 Å². The number of thiazole rings is 1. The quantitative estimate of drug-likeness (QED) is 0.783. The van der Waals surface area contributed by atoms with E-state index in [1.165, 1.54) is 11.3 Å². The monoisotopic (exact) mass is 266 g/mol. The van der Waals surface area contributed by atoms with E-state index in [1.54, 1.807) is 6.20 Å². The molecule has 5 nitrogen and oxygen atoms in total. The molecule has 1 aliphatic rings. The fourth-order valence-corrected chi connectivity index (χ4v) is 2.39. The smallest absolute Gasteiger partial charge is 0.255 e. The van der Waals surface area contributed by atoms with Crippen LogP contribution in [0.2, 0.25) is 0 Å². The molecule has 0 spiro atoms. The van der Waals surface area contributed by atoms with E-state index < -0.39 is 0 Å². The molecule has 0 aliphatic carbocycles. The second-order valence-corrected chi connectivity index (χ2v) is 5.02. The van der Waals surface area contributed by atoms with Crippen LogP contribution >= 0.6 is 11.3 Å². The number of nitrogens with zero attached hydrogens (tertiary/aromatic N) is 1. The second kappa shape index (κ2) is 5.96. The number of carbonyl (C=O) groups excluding carboxylic acids is 1. The van der Waals surface area contributed by atoms with Gasteiger partial charge < -0.3 is 9.84 Å². The molecule has 2 unspecified atom stereocenters. The molecule has 1 aromatic heterocycles. The summed E-state index contributed by atoms with van der Waals surface area (Å²) in [7, 11) is 0. The van der Waals surface area contributed by atoms with E-state index >= 15 is 0 Å². The Morgan fingerprint density at radius 2 is 2.56 bits per heavy atom. The van der Waals surface area contributed by atoms with E-state index in [0.29, 0.717) is 10.0 Å². The topological polar surface area (TPSA) is 71.5 Å². The van der Waals surface area contributed by atoms with Gasteiger partial charge in [-0.1, -0.05) is 23.2 Å². The Bertz CT molecular complexity index is 489. The molecule has 2 rings (SSSR count). The van der Waals surface area contributed by atoms with Crippen molar-refractivity contribution < 1.29 is 14.6 Å². The van der Waals surface area contributed by atoms with Crippen molar-refractivity contribution in [2.75, 3.05) is 11.9 Å². The van der Waals surface area contributed by atoms with Crippen LogP contribution in [0, 0.1) is 11.8 Å². The lowest BCUT2D eigenvalue weighted by Crippen LogP contribution is -2.27. The van der Waals surface area contributed by atoms with Crippen molar-refractivity contribution in [2.45, 2.75) is 32.0 Å². The van der Waals surface area contributed by atoms with E-state index in [9.17, 15) is 4.79 Å². The van der Waals surface area contributed by atoms with Crippen LogP contribution in [0.5, 0.6) is 0 Å². The minimum Gasteiger partial charge on any atom is -0.384 e. The Labute approximate surface area is 109 Å². The van der Waals surface area contributed by atoms with Crippen molar-refractivity contribution >= 4 is 22.4 Å². The number of aliphatic hydroxyl groups is 1. The molecule has 0 radical (unpaired) electrons. The molecule has 0 bridgehead atoms. The van der Waals surface area contributed by atoms with Gasteiger partial charge in [0.05, 0.1) is 17.2 Å². The Balaban J connectivity index is 1.93. The van der Waals surface area contributed by atoms with Gasteiger partial charge in [-0.2, -0.15) is 0 Å². The van der Waals surface area contributed by atoms with E-state index in [2.05, 4.69) is 22.1 Å². The molecule has 0 aromatic carbocycles. The van der Waals surface area contributed by atoms with Crippen LogP contribution in [0.4, 0.5) is 5.13 Å². The molecule has 1 fully saturated rings. The summed E-state index contributed by atoms with van der Waals surface area (Å²) in [5, 5.41) is 11.8. The summed E-state index contributed by atoms with van der Waals surface area (Å²) >= 11 is 1.28. The van der Waals surface area contributed by atoms with E-state index in [0.717, 1.165) is 12.8 Å². The average Bonchev–Trinajstić information content (AvgIpc) is 2.96. The van der Waals surface area contributed by atoms with Crippen LogP contribution in [0.3, 0.4) is 0 Å². The first-order valence-corrected chi connectivity index (χ1v) is 6.52. The van der Waals surface area contributed by atoms with Gasteiger partial charge in [0, 0.05) is 0 Å². The lowest BCUT2D eigenvalue weighted by atomic mass is 10.2. The fraction of sp³-hybridized carbons (Fsp3) is 0.500. The third kappa shape index (κ3) is 3.29. The van der Waals surface area contributed by atoms with Gasteiger partial charge in [-0.15, -0.1) is 0 Å². The number of aromatic nitrogens is 1. The van der Waals surface area contributed by atoms with Crippen molar-refractivity contribution in [3.8, 4) is 11.8 Å². The Morgan fingerprint density at radius 3 is 3.22 bits per heavy atom. The largest absolute Gasteiger partial charge is 0.384 e. The number of nitrogens with one attached hydrogen (secondary N) is 1. The molecule has 1 saturated heterocycles. The van der Waals surface area contributed by atoms with Gasteiger partial charge in [0.25, 0.3) is 5.91 Å². The summed E-state index contributed by atoms with van der Waals surface area (Å²) in [6.45, 7) is 1.77. The normalized spacial score (nSPS) is 22.3. The summed E-state index contributed by atoms with van der Waals surface area (Å²) in [5.74, 6) is 5.11. The first-order chi connectivity index (χ1) is 8.69. The number of ether oxygens (including phenoxy) is 1. The summed E-state index contributed by atoms with van der Waals surface area (Å²) in [5.41, 5.74) is 0. The maximum absolute atomic E-state index is 11.8. The molecule has 2 N–H and O–H groups in total. The highest BCUT2D eigenvalue weighted by atomic mass is 32.1. The van der Waals surface area contributed by atoms with Crippen molar-refractivity contribution in [1.29, 1.82) is 0 Å². The lowest BCUT2D eigenvalue weighted by Gasteiger charge is -2.09. The predicted octanol–water partition coefficient (Wildman–Crippen LogP) is 0.993. The molecule has 18 heavy (non-hydrogen) atoms. The standard InChI is InChI=1S/C12H14N2O3S/c1-8-4-5-10(17-8)11(16)14-12-13-7-9(18-12)3-2-6-15/h7-8,10,15H,4-6H2,1H3,(H,13,14,16). The highest BCUT2D eigenvalue weighted by Crippen LogP contribution is 2.22. The molecular formula is C12H14N2O3S. The Kier molecular flexibility index (Phi) is 4.31. The first kappa shape index (κ1) is 13.0. The van der Waals surface area contributed by atoms with Crippen LogP contribution in [0.25, 0.3) is 0 Å². The predicted molar refractivity (Wildman–Crippen MR) is 68.3 cm³/mol. The highest BCUT2D eigenvalue weighted by Gasteiger charge is 2.28. The molecule has 0 saturated carbocycles. The van der Waals surface area contributed by atoms with E-state index in [1.807, 2.05) is 6.92 Å². The van der Waals surface area contributed by atoms with E-state index in [-0.39, 0.29) is 24.7 Å². The number of carbonyl (C=O) groups is 1. The minimum absolute atomic E-state index is 0.142.